The number of nitrogens with one attached hydrogen (secondary N) is 1. The fraction of sp³-hybridized carbons (Fsp3) is 0.667. The van der Waals surface area contributed by atoms with Crippen molar-refractivity contribution in [2.24, 2.45) is 23.7 Å². The molecule has 0 unspecified atom stereocenters. The van der Waals surface area contributed by atoms with Crippen LogP contribution in [0.25, 0.3) is 0 Å². The molecule has 23 heavy (non-hydrogen) atoms. The van der Waals surface area contributed by atoms with Crippen LogP contribution < -0.4 is 5.32 Å². The second-order valence-corrected chi connectivity index (χ2v) is 7.30. The molecule has 0 amide bonds. The van der Waals surface area contributed by atoms with E-state index in [0.717, 1.165) is 17.8 Å². The van der Waals surface area contributed by atoms with Crippen LogP contribution in [0.2, 0.25) is 0 Å². The molecule has 0 spiro atoms. The van der Waals surface area contributed by atoms with Crippen molar-refractivity contribution in [3.8, 4) is 0 Å². The van der Waals surface area contributed by atoms with Crippen molar-refractivity contribution >= 4 is 12.4 Å². The van der Waals surface area contributed by atoms with Crippen molar-refractivity contribution < 1.29 is 13.2 Å². The highest BCUT2D eigenvalue weighted by Crippen LogP contribution is 2.58. The molecule has 5 atom stereocenters. The minimum atomic E-state index is -4.26. The number of hydrogen-bond acceptors (Lipinski definition) is 1. The Morgan fingerprint density at radius 2 is 1.74 bits per heavy atom. The monoisotopic (exact) mass is 345 g/mol. The molecule has 3 aliphatic carbocycles. The zero-order valence-corrected chi connectivity index (χ0v) is 13.8. The predicted molar refractivity (Wildman–Crippen MR) is 86.4 cm³/mol. The second-order valence-electron chi connectivity index (χ2n) is 7.30. The van der Waals surface area contributed by atoms with E-state index < -0.39 is 11.7 Å². The van der Waals surface area contributed by atoms with Crippen LogP contribution in [-0.2, 0) is 12.7 Å². The average Bonchev–Trinajstić information content (AvgIpc) is 3.16. The molecule has 5 heteroatoms. The van der Waals surface area contributed by atoms with E-state index in [1.54, 1.807) is 12.1 Å². The van der Waals surface area contributed by atoms with E-state index in [2.05, 4.69) is 5.32 Å². The van der Waals surface area contributed by atoms with E-state index in [1.807, 2.05) is 0 Å². The smallest absolute Gasteiger partial charge is 0.310 e. The summed E-state index contributed by atoms with van der Waals surface area (Å²) >= 11 is 0. The Labute approximate surface area is 141 Å². The van der Waals surface area contributed by atoms with E-state index >= 15 is 0 Å². The molecule has 0 aromatic heterocycles. The molecule has 1 nitrogen and oxygen atoms in total. The van der Waals surface area contributed by atoms with Crippen LogP contribution in [0, 0.1) is 23.7 Å². The summed E-state index contributed by atoms with van der Waals surface area (Å²) in [5.41, 5.74) is -0.120. The fourth-order valence-electron chi connectivity index (χ4n) is 5.49. The lowest BCUT2D eigenvalue weighted by molar-refractivity contribution is -0.138. The summed E-state index contributed by atoms with van der Waals surface area (Å²) in [7, 11) is 0. The third-order valence-electron chi connectivity index (χ3n) is 6.31. The first-order chi connectivity index (χ1) is 10.5. The predicted octanol–water partition coefficient (Wildman–Crippen LogP) is 5.04. The maximum atomic E-state index is 13.0. The Kier molecular flexibility index (Phi) is 4.67. The van der Waals surface area contributed by atoms with Crippen LogP contribution in [-0.4, -0.2) is 6.04 Å². The highest BCUT2D eigenvalue weighted by molar-refractivity contribution is 5.85. The Bertz CT molecular complexity index is 559. The van der Waals surface area contributed by atoms with Gasteiger partial charge in [0, 0.05) is 12.6 Å². The fourth-order valence-corrected chi connectivity index (χ4v) is 5.49. The van der Waals surface area contributed by atoms with Crippen molar-refractivity contribution in [3.05, 3.63) is 35.4 Å². The quantitative estimate of drug-likeness (QED) is 0.809. The molecule has 1 aromatic rings. The van der Waals surface area contributed by atoms with Gasteiger partial charge in [-0.2, -0.15) is 13.2 Å². The number of fused-ring (bicyclic) bond motifs is 5. The number of alkyl halides is 3. The molecule has 3 fully saturated rings. The van der Waals surface area contributed by atoms with Gasteiger partial charge in [0.15, 0.2) is 0 Å². The molecule has 2 bridgehead atoms. The summed E-state index contributed by atoms with van der Waals surface area (Å²) in [6.45, 7) is 0.334. The molecule has 1 aromatic carbocycles. The maximum absolute atomic E-state index is 13.0. The highest BCUT2D eigenvalue weighted by Gasteiger charge is 2.53. The minimum absolute atomic E-state index is 0. The van der Waals surface area contributed by atoms with Crippen LogP contribution in [0.5, 0.6) is 0 Å². The number of rotatable bonds is 3. The van der Waals surface area contributed by atoms with E-state index in [-0.39, 0.29) is 12.4 Å². The van der Waals surface area contributed by atoms with Crippen molar-refractivity contribution in [2.45, 2.75) is 50.9 Å². The molecule has 3 saturated carbocycles. The second kappa shape index (κ2) is 6.29. The summed E-state index contributed by atoms with van der Waals surface area (Å²) in [6, 6.07) is 6.37. The number of hydrogen-bond donors (Lipinski definition) is 1. The molecule has 1 N–H and O–H groups in total. The van der Waals surface area contributed by atoms with Gasteiger partial charge in [0.25, 0.3) is 0 Å². The van der Waals surface area contributed by atoms with Crippen LogP contribution >= 0.6 is 12.4 Å². The lowest BCUT2D eigenvalue weighted by atomic mass is 9.79. The summed E-state index contributed by atoms with van der Waals surface area (Å²) in [4.78, 5) is 0. The molecule has 0 heterocycles. The van der Waals surface area contributed by atoms with Gasteiger partial charge in [-0.25, -0.2) is 0 Å². The van der Waals surface area contributed by atoms with Crippen molar-refractivity contribution in [1.82, 2.24) is 5.32 Å². The van der Waals surface area contributed by atoms with Gasteiger partial charge in [0.2, 0.25) is 0 Å². The first-order valence-corrected chi connectivity index (χ1v) is 8.42. The van der Waals surface area contributed by atoms with Crippen molar-refractivity contribution in [2.75, 3.05) is 0 Å². The summed E-state index contributed by atoms with van der Waals surface area (Å²) in [6.07, 6.45) is 2.28. The van der Waals surface area contributed by atoms with E-state index in [9.17, 15) is 13.2 Å². The Morgan fingerprint density at radius 3 is 2.52 bits per heavy atom. The summed E-state index contributed by atoms with van der Waals surface area (Å²) < 4.78 is 39.1. The minimum Gasteiger partial charge on any atom is -0.310 e. The van der Waals surface area contributed by atoms with Gasteiger partial charge in [-0.05, 0) is 61.0 Å². The van der Waals surface area contributed by atoms with Crippen molar-refractivity contribution in [1.29, 1.82) is 0 Å². The van der Waals surface area contributed by atoms with Crippen LogP contribution in [0.4, 0.5) is 13.2 Å². The van der Waals surface area contributed by atoms with E-state index in [4.69, 9.17) is 0 Å². The van der Waals surface area contributed by atoms with E-state index in [0.29, 0.717) is 24.1 Å². The van der Waals surface area contributed by atoms with Crippen LogP contribution in [0.3, 0.4) is 0 Å². The first-order valence-electron chi connectivity index (χ1n) is 8.42. The third kappa shape index (κ3) is 3.00. The van der Waals surface area contributed by atoms with Gasteiger partial charge in [0.1, 0.15) is 0 Å². The van der Waals surface area contributed by atoms with Gasteiger partial charge in [-0.1, -0.05) is 24.6 Å². The Morgan fingerprint density at radius 1 is 1.00 bits per heavy atom. The highest BCUT2D eigenvalue weighted by atomic mass is 35.5. The van der Waals surface area contributed by atoms with Gasteiger partial charge < -0.3 is 5.32 Å². The lowest BCUT2D eigenvalue weighted by Gasteiger charge is -2.32. The summed E-state index contributed by atoms with van der Waals surface area (Å²) in [5, 5.41) is 3.45. The Hall–Kier alpha value is -0.740. The largest absolute Gasteiger partial charge is 0.416 e. The zero-order valence-electron chi connectivity index (χ0n) is 13.0. The zero-order chi connectivity index (χ0) is 15.3. The Balaban J connectivity index is 0.00000156. The maximum Gasteiger partial charge on any atom is 0.416 e. The van der Waals surface area contributed by atoms with Gasteiger partial charge in [0.05, 0.1) is 5.56 Å². The van der Waals surface area contributed by atoms with Crippen LogP contribution in [0.1, 0.15) is 43.2 Å². The molecule has 0 radical (unpaired) electrons. The molecular formula is C18H23ClF3N. The van der Waals surface area contributed by atoms with Gasteiger partial charge >= 0.3 is 6.18 Å². The normalized spacial score (nSPS) is 35.2. The molecular weight excluding hydrogens is 323 g/mol. The molecule has 0 aliphatic heterocycles. The topological polar surface area (TPSA) is 12.0 Å². The molecule has 3 aliphatic rings. The van der Waals surface area contributed by atoms with Crippen molar-refractivity contribution in [3.63, 3.8) is 0 Å². The molecule has 128 valence electrons. The average molecular weight is 346 g/mol. The number of halogens is 4. The first kappa shape index (κ1) is 17.1. The van der Waals surface area contributed by atoms with E-state index in [1.165, 1.54) is 44.2 Å². The standard InChI is InChI=1S/C18H22F3N.ClH/c19-18(20,21)16-7-2-1-4-11(16)10-22-17-9-12-8-15(17)14-6-3-5-13(12)14;/h1-2,4,7,12-15,17,22H,3,5-6,8-10H2;1H/t12-,13+,14+,15-,17+;/m0./s1. The van der Waals surface area contributed by atoms with Gasteiger partial charge in [-0.3, -0.25) is 0 Å². The third-order valence-corrected chi connectivity index (χ3v) is 6.31. The van der Waals surface area contributed by atoms with Gasteiger partial charge in [-0.15, -0.1) is 12.4 Å². The molecule has 4 rings (SSSR count). The molecule has 0 saturated heterocycles. The van der Waals surface area contributed by atoms with Crippen LogP contribution in [0.15, 0.2) is 24.3 Å². The number of benzene rings is 1. The lowest BCUT2D eigenvalue weighted by Crippen LogP contribution is -2.39. The SMILES string of the molecule is Cl.FC(F)(F)c1ccccc1CN[C@@H]1C[C@@H]2C[C@H]1[C@@H]1CCC[C@H]21. The summed E-state index contributed by atoms with van der Waals surface area (Å²) in [5.74, 6) is 3.29.